The predicted octanol–water partition coefficient (Wildman–Crippen LogP) is 4.77. The maximum atomic E-state index is 12.7. The second kappa shape index (κ2) is 7.49. The van der Waals surface area contributed by atoms with Gasteiger partial charge in [-0.05, 0) is 48.7 Å². The van der Waals surface area contributed by atoms with E-state index in [4.69, 9.17) is 4.74 Å². The minimum atomic E-state index is -0.366. The predicted molar refractivity (Wildman–Crippen MR) is 111 cm³/mol. The molecule has 1 aromatic carbocycles. The Morgan fingerprint density at radius 1 is 1.14 bits per heavy atom. The number of hydrogen-bond acceptors (Lipinski definition) is 7. The number of nitrogens with one attached hydrogen (secondary N) is 1. The van der Waals surface area contributed by atoms with Gasteiger partial charge in [0.1, 0.15) is 14.8 Å². The summed E-state index contributed by atoms with van der Waals surface area (Å²) in [6, 6.07) is 11.0. The molecule has 0 saturated carbocycles. The standard InChI is InChI=1S/C20H15N3O3S2/c1-11-17(28-19(22-11)12-4-3-7-21-10-12)18(24)23-14-5-6-15-13(8-14)9-16(27-15)20(25)26-2/h3-10H,1-2H3,(H,23,24). The van der Waals surface area contributed by atoms with Crippen molar-refractivity contribution in [3.63, 3.8) is 0 Å². The number of pyridine rings is 1. The molecular weight excluding hydrogens is 394 g/mol. The molecule has 0 aliphatic carbocycles. The number of benzene rings is 1. The number of carbonyl (C=O) groups is 2. The first-order chi connectivity index (χ1) is 13.5. The fraction of sp³-hybridized carbons (Fsp3) is 0.100. The van der Waals surface area contributed by atoms with Gasteiger partial charge >= 0.3 is 5.97 Å². The Balaban J connectivity index is 1.58. The number of carbonyl (C=O) groups excluding carboxylic acids is 2. The molecule has 1 amide bonds. The summed E-state index contributed by atoms with van der Waals surface area (Å²) in [5.41, 5.74) is 2.21. The number of nitrogens with zero attached hydrogens (tertiary/aromatic N) is 2. The Kier molecular flexibility index (Phi) is 4.89. The van der Waals surface area contributed by atoms with Crippen LogP contribution in [0, 0.1) is 6.92 Å². The lowest BCUT2D eigenvalue weighted by Gasteiger charge is -2.04. The first-order valence-corrected chi connectivity index (χ1v) is 9.99. The number of thiophene rings is 1. The van der Waals surface area contributed by atoms with Crippen LogP contribution >= 0.6 is 22.7 Å². The third kappa shape index (κ3) is 3.51. The van der Waals surface area contributed by atoms with Crippen molar-refractivity contribution >= 4 is 50.3 Å². The van der Waals surface area contributed by atoms with E-state index in [1.807, 2.05) is 37.3 Å². The summed E-state index contributed by atoms with van der Waals surface area (Å²) in [5, 5.41) is 4.54. The van der Waals surface area contributed by atoms with Crippen molar-refractivity contribution in [1.82, 2.24) is 9.97 Å². The van der Waals surface area contributed by atoms with Gasteiger partial charge in [0, 0.05) is 28.3 Å². The molecule has 1 N–H and O–H groups in total. The number of thiazole rings is 1. The highest BCUT2D eigenvalue weighted by atomic mass is 32.1. The van der Waals surface area contributed by atoms with Crippen LogP contribution in [0.4, 0.5) is 5.69 Å². The number of aryl methyl sites for hydroxylation is 1. The minimum absolute atomic E-state index is 0.215. The van der Waals surface area contributed by atoms with Crippen molar-refractivity contribution in [2.24, 2.45) is 0 Å². The Hall–Kier alpha value is -3.10. The number of hydrogen-bond donors (Lipinski definition) is 1. The third-order valence-electron chi connectivity index (χ3n) is 4.07. The van der Waals surface area contributed by atoms with Gasteiger partial charge in [0.2, 0.25) is 0 Å². The SMILES string of the molecule is COC(=O)c1cc2cc(NC(=O)c3sc(-c4cccnc4)nc3C)ccc2s1. The normalized spacial score (nSPS) is 10.8. The summed E-state index contributed by atoms with van der Waals surface area (Å²) >= 11 is 2.69. The molecule has 3 aromatic heterocycles. The smallest absolute Gasteiger partial charge is 0.348 e. The maximum absolute atomic E-state index is 12.7. The molecule has 0 bridgehead atoms. The largest absolute Gasteiger partial charge is 0.465 e. The average Bonchev–Trinajstić information content (AvgIpc) is 3.31. The summed E-state index contributed by atoms with van der Waals surface area (Å²) in [4.78, 5) is 34.1. The number of ether oxygens (including phenoxy) is 1. The van der Waals surface area contributed by atoms with Crippen LogP contribution < -0.4 is 5.32 Å². The maximum Gasteiger partial charge on any atom is 0.348 e. The van der Waals surface area contributed by atoms with E-state index < -0.39 is 0 Å². The van der Waals surface area contributed by atoms with Gasteiger partial charge < -0.3 is 10.1 Å². The van der Waals surface area contributed by atoms with Gasteiger partial charge in [-0.1, -0.05) is 0 Å². The van der Waals surface area contributed by atoms with Crippen molar-refractivity contribution in [1.29, 1.82) is 0 Å². The average molecular weight is 409 g/mol. The van der Waals surface area contributed by atoms with Gasteiger partial charge in [-0.25, -0.2) is 9.78 Å². The fourth-order valence-corrected chi connectivity index (χ4v) is 4.64. The summed E-state index contributed by atoms with van der Waals surface area (Å²) in [6.07, 6.45) is 3.42. The number of aromatic nitrogens is 2. The van der Waals surface area contributed by atoms with E-state index >= 15 is 0 Å². The number of rotatable bonds is 4. The molecule has 8 heteroatoms. The summed E-state index contributed by atoms with van der Waals surface area (Å²) < 4.78 is 5.71. The van der Waals surface area contributed by atoms with E-state index in [1.165, 1.54) is 29.8 Å². The van der Waals surface area contributed by atoms with Gasteiger partial charge in [-0.2, -0.15) is 0 Å². The molecule has 0 unspecified atom stereocenters. The van der Waals surface area contributed by atoms with Crippen LogP contribution in [-0.2, 0) is 4.74 Å². The Morgan fingerprint density at radius 2 is 2.00 bits per heavy atom. The van der Waals surface area contributed by atoms with Crippen molar-refractivity contribution < 1.29 is 14.3 Å². The van der Waals surface area contributed by atoms with Crippen molar-refractivity contribution in [3.8, 4) is 10.6 Å². The number of methoxy groups -OCH3 is 1. The van der Waals surface area contributed by atoms with Crippen LogP contribution in [0.1, 0.15) is 25.0 Å². The highest BCUT2D eigenvalue weighted by molar-refractivity contribution is 7.20. The van der Waals surface area contributed by atoms with Crippen LogP contribution in [0.15, 0.2) is 48.8 Å². The van der Waals surface area contributed by atoms with E-state index in [1.54, 1.807) is 18.5 Å². The topological polar surface area (TPSA) is 81.2 Å². The number of amides is 1. The highest BCUT2D eigenvalue weighted by Crippen LogP contribution is 2.30. The number of anilines is 1. The third-order valence-corrected chi connectivity index (χ3v) is 6.37. The second-order valence-electron chi connectivity index (χ2n) is 5.98. The molecule has 0 saturated heterocycles. The van der Waals surface area contributed by atoms with Crippen LogP contribution in [-0.4, -0.2) is 29.0 Å². The lowest BCUT2D eigenvalue weighted by molar-refractivity contribution is 0.0606. The number of fused-ring (bicyclic) bond motifs is 1. The Labute approximate surface area is 168 Å². The second-order valence-corrected chi connectivity index (χ2v) is 8.07. The summed E-state index contributed by atoms with van der Waals surface area (Å²) in [5.74, 6) is -0.581. The highest BCUT2D eigenvalue weighted by Gasteiger charge is 2.17. The summed E-state index contributed by atoms with van der Waals surface area (Å²) in [7, 11) is 1.36. The summed E-state index contributed by atoms with van der Waals surface area (Å²) in [6.45, 7) is 1.82. The molecule has 4 rings (SSSR count). The molecule has 28 heavy (non-hydrogen) atoms. The first-order valence-electron chi connectivity index (χ1n) is 8.36. The van der Waals surface area contributed by atoms with E-state index in [0.29, 0.717) is 21.1 Å². The molecule has 6 nitrogen and oxygen atoms in total. The number of esters is 1. The van der Waals surface area contributed by atoms with Crippen LogP contribution in [0.3, 0.4) is 0 Å². The lowest BCUT2D eigenvalue weighted by atomic mass is 10.2. The molecule has 0 aliphatic rings. The molecule has 140 valence electrons. The van der Waals surface area contributed by atoms with E-state index in [0.717, 1.165) is 20.7 Å². The molecule has 3 heterocycles. The molecule has 0 spiro atoms. The minimum Gasteiger partial charge on any atom is -0.465 e. The van der Waals surface area contributed by atoms with Crippen LogP contribution in [0.5, 0.6) is 0 Å². The molecule has 4 aromatic rings. The van der Waals surface area contributed by atoms with Gasteiger partial charge in [-0.3, -0.25) is 9.78 Å². The quantitative estimate of drug-likeness (QED) is 0.491. The van der Waals surface area contributed by atoms with E-state index in [-0.39, 0.29) is 11.9 Å². The van der Waals surface area contributed by atoms with E-state index in [2.05, 4.69) is 15.3 Å². The molecule has 0 atom stereocenters. The van der Waals surface area contributed by atoms with Crippen LogP contribution in [0.2, 0.25) is 0 Å². The zero-order valence-corrected chi connectivity index (χ0v) is 16.7. The van der Waals surface area contributed by atoms with Gasteiger partial charge in [0.05, 0.1) is 12.8 Å². The lowest BCUT2D eigenvalue weighted by Crippen LogP contribution is -2.11. The van der Waals surface area contributed by atoms with Crippen molar-refractivity contribution in [2.75, 3.05) is 12.4 Å². The van der Waals surface area contributed by atoms with Crippen molar-refractivity contribution in [3.05, 3.63) is 64.2 Å². The molecule has 0 radical (unpaired) electrons. The van der Waals surface area contributed by atoms with Crippen molar-refractivity contribution in [2.45, 2.75) is 6.92 Å². The zero-order valence-electron chi connectivity index (χ0n) is 15.1. The Bertz CT molecular complexity index is 1180. The monoisotopic (exact) mass is 409 g/mol. The molecule has 0 fully saturated rings. The van der Waals surface area contributed by atoms with Gasteiger partial charge in [0.15, 0.2) is 0 Å². The van der Waals surface area contributed by atoms with E-state index in [9.17, 15) is 9.59 Å². The molecular formula is C20H15N3O3S2. The first kappa shape index (κ1) is 18.3. The zero-order chi connectivity index (χ0) is 19.7. The fourth-order valence-electron chi connectivity index (χ4n) is 2.73. The van der Waals surface area contributed by atoms with Gasteiger partial charge in [-0.15, -0.1) is 22.7 Å². The van der Waals surface area contributed by atoms with Crippen LogP contribution in [0.25, 0.3) is 20.7 Å². The Morgan fingerprint density at radius 3 is 2.75 bits per heavy atom. The molecule has 0 aliphatic heterocycles. The van der Waals surface area contributed by atoms with Gasteiger partial charge in [0.25, 0.3) is 5.91 Å².